The van der Waals surface area contributed by atoms with E-state index in [0.29, 0.717) is 31.8 Å². The van der Waals surface area contributed by atoms with E-state index < -0.39 is 12.6 Å². The van der Waals surface area contributed by atoms with E-state index in [1.54, 1.807) is 0 Å². The second-order valence-electron chi connectivity index (χ2n) is 5.18. The van der Waals surface area contributed by atoms with Crippen LogP contribution in [0.1, 0.15) is 45.4 Å². The molecule has 4 nitrogen and oxygen atoms in total. The molecule has 0 spiro atoms. The van der Waals surface area contributed by atoms with Gasteiger partial charge < -0.3 is 15.4 Å². The molecule has 1 aliphatic rings. The Morgan fingerprint density at radius 2 is 1.91 bits per heavy atom. The van der Waals surface area contributed by atoms with Crippen molar-refractivity contribution in [3.8, 4) is 0 Å². The maximum Gasteiger partial charge on any atom is 0.390 e. The van der Waals surface area contributed by atoms with E-state index in [-0.39, 0.29) is 30.5 Å². The highest BCUT2D eigenvalue weighted by Crippen LogP contribution is 2.20. The van der Waals surface area contributed by atoms with Crippen molar-refractivity contribution in [2.75, 3.05) is 26.2 Å². The number of rotatable bonds is 8. The minimum atomic E-state index is -4.14. The molecule has 0 bridgehead atoms. The van der Waals surface area contributed by atoms with Gasteiger partial charge in [-0.1, -0.05) is 12.8 Å². The minimum Gasteiger partial charge on any atom is -0.378 e. The predicted molar refractivity (Wildman–Crippen MR) is 92.9 cm³/mol. The second kappa shape index (κ2) is 12.2. The number of hydrogen-bond donors (Lipinski definition) is 2. The van der Waals surface area contributed by atoms with Crippen LogP contribution in [0.25, 0.3) is 0 Å². The quantitative estimate of drug-likeness (QED) is 0.265. The fourth-order valence-corrected chi connectivity index (χ4v) is 2.22. The molecule has 0 aromatic heterocycles. The van der Waals surface area contributed by atoms with Gasteiger partial charge >= 0.3 is 6.18 Å². The Morgan fingerprint density at radius 3 is 2.50 bits per heavy atom. The van der Waals surface area contributed by atoms with Crippen LogP contribution in [-0.4, -0.2) is 44.5 Å². The third-order valence-electron chi connectivity index (χ3n) is 3.27. The molecule has 0 unspecified atom stereocenters. The molecule has 0 aromatic rings. The van der Waals surface area contributed by atoms with E-state index in [2.05, 4.69) is 15.6 Å². The van der Waals surface area contributed by atoms with Gasteiger partial charge in [0.15, 0.2) is 5.96 Å². The van der Waals surface area contributed by atoms with Gasteiger partial charge in [-0.2, -0.15) is 13.2 Å². The topological polar surface area (TPSA) is 45.7 Å². The molecule has 0 aromatic carbocycles. The fraction of sp³-hybridized carbons (Fsp3) is 0.929. The van der Waals surface area contributed by atoms with Crippen LogP contribution in [0, 0.1) is 0 Å². The molecule has 0 saturated heterocycles. The van der Waals surface area contributed by atoms with Gasteiger partial charge in [-0.15, -0.1) is 24.0 Å². The van der Waals surface area contributed by atoms with Gasteiger partial charge in [-0.05, 0) is 26.2 Å². The Kier molecular flexibility index (Phi) is 12.1. The highest BCUT2D eigenvalue weighted by atomic mass is 127. The zero-order chi connectivity index (χ0) is 15.6. The SMILES string of the molecule is CCNC(=NCCCOC1CCCC1)NCCC(F)(F)F.I. The number of aliphatic imine (C=N–C) groups is 1. The number of alkyl halides is 3. The van der Waals surface area contributed by atoms with Crippen molar-refractivity contribution in [1.29, 1.82) is 0 Å². The summed E-state index contributed by atoms with van der Waals surface area (Å²) in [5.41, 5.74) is 0. The summed E-state index contributed by atoms with van der Waals surface area (Å²) in [4.78, 5) is 4.24. The zero-order valence-corrected chi connectivity index (χ0v) is 15.4. The van der Waals surface area contributed by atoms with Crippen molar-refractivity contribution in [3.05, 3.63) is 0 Å². The predicted octanol–water partition coefficient (Wildman–Crippen LogP) is 3.46. The lowest BCUT2D eigenvalue weighted by molar-refractivity contribution is -0.132. The van der Waals surface area contributed by atoms with Crippen LogP contribution in [0.3, 0.4) is 0 Å². The Hall–Kier alpha value is -0.250. The lowest BCUT2D eigenvalue weighted by Gasteiger charge is -2.13. The maximum absolute atomic E-state index is 12.1. The molecule has 1 fully saturated rings. The summed E-state index contributed by atoms with van der Waals surface area (Å²) in [6.45, 7) is 3.55. The summed E-state index contributed by atoms with van der Waals surface area (Å²) in [7, 11) is 0. The number of ether oxygens (including phenoxy) is 1. The maximum atomic E-state index is 12.1. The van der Waals surface area contributed by atoms with Crippen LogP contribution in [0.4, 0.5) is 13.2 Å². The fourth-order valence-electron chi connectivity index (χ4n) is 2.22. The van der Waals surface area contributed by atoms with Crippen LogP contribution in [0.15, 0.2) is 4.99 Å². The van der Waals surface area contributed by atoms with Crippen LogP contribution in [-0.2, 0) is 4.74 Å². The first kappa shape index (κ1) is 21.8. The van der Waals surface area contributed by atoms with E-state index in [1.807, 2.05) is 6.92 Å². The molecule has 0 amide bonds. The number of nitrogens with zero attached hydrogens (tertiary/aromatic N) is 1. The summed E-state index contributed by atoms with van der Waals surface area (Å²) in [5, 5.41) is 5.62. The van der Waals surface area contributed by atoms with Gasteiger partial charge in [-0.3, -0.25) is 4.99 Å². The molecule has 0 heterocycles. The summed E-state index contributed by atoms with van der Waals surface area (Å²) < 4.78 is 41.9. The highest BCUT2D eigenvalue weighted by molar-refractivity contribution is 14.0. The van der Waals surface area contributed by atoms with Crippen molar-refractivity contribution < 1.29 is 17.9 Å². The molecule has 0 aliphatic heterocycles. The van der Waals surface area contributed by atoms with Crippen molar-refractivity contribution >= 4 is 29.9 Å². The molecule has 1 saturated carbocycles. The molecule has 0 atom stereocenters. The number of guanidine groups is 1. The lowest BCUT2D eigenvalue weighted by atomic mass is 10.3. The van der Waals surface area contributed by atoms with Crippen LogP contribution < -0.4 is 10.6 Å². The van der Waals surface area contributed by atoms with Crippen LogP contribution >= 0.6 is 24.0 Å². The third-order valence-corrected chi connectivity index (χ3v) is 3.27. The molecule has 22 heavy (non-hydrogen) atoms. The first-order valence-corrected chi connectivity index (χ1v) is 7.72. The summed E-state index contributed by atoms with van der Waals surface area (Å²) in [6.07, 6.45) is 0.962. The Labute approximate surface area is 147 Å². The van der Waals surface area contributed by atoms with E-state index in [0.717, 1.165) is 19.3 Å². The molecule has 1 aliphatic carbocycles. The minimum absolute atomic E-state index is 0. The lowest BCUT2D eigenvalue weighted by Crippen LogP contribution is -2.39. The average Bonchev–Trinajstić information content (AvgIpc) is 2.90. The van der Waals surface area contributed by atoms with Crippen molar-refractivity contribution in [2.24, 2.45) is 4.99 Å². The van der Waals surface area contributed by atoms with Crippen LogP contribution in [0.5, 0.6) is 0 Å². The second-order valence-corrected chi connectivity index (χ2v) is 5.18. The van der Waals surface area contributed by atoms with Gasteiger partial charge in [0.2, 0.25) is 0 Å². The van der Waals surface area contributed by atoms with Crippen molar-refractivity contribution in [1.82, 2.24) is 10.6 Å². The Bertz CT molecular complexity index is 308. The van der Waals surface area contributed by atoms with Crippen molar-refractivity contribution in [2.45, 2.75) is 57.7 Å². The number of halogens is 4. The molecular weight excluding hydrogens is 410 g/mol. The van der Waals surface area contributed by atoms with Gasteiger partial charge in [0.1, 0.15) is 0 Å². The zero-order valence-electron chi connectivity index (χ0n) is 13.0. The van der Waals surface area contributed by atoms with Gasteiger partial charge in [0.05, 0.1) is 12.5 Å². The number of hydrogen-bond acceptors (Lipinski definition) is 2. The van der Waals surface area contributed by atoms with E-state index in [4.69, 9.17) is 4.74 Å². The van der Waals surface area contributed by atoms with Gasteiger partial charge in [-0.25, -0.2) is 0 Å². The first-order valence-electron chi connectivity index (χ1n) is 7.72. The van der Waals surface area contributed by atoms with Crippen LogP contribution in [0.2, 0.25) is 0 Å². The standard InChI is InChI=1S/C14H26F3N3O.HI/c1-2-18-13(20-10-8-14(15,16)17)19-9-5-11-21-12-6-3-4-7-12;/h12H,2-11H2,1H3,(H2,18,19,20);1H. The van der Waals surface area contributed by atoms with E-state index in [1.165, 1.54) is 12.8 Å². The Balaban J connectivity index is 0.00000441. The molecular formula is C14H27F3IN3O. The molecule has 132 valence electrons. The van der Waals surface area contributed by atoms with E-state index >= 15 is 0 Å². The molecule has 1 rings (SSSR count). The highest BCUT2D eigenvalue weighted by Gasteiger charge is 2.26. The monoisotopic (exact) mass is 437 g/mol. The normalized spacial score (nSPS) is 16.5. The summed E-state index contributed by atoms with van der Waals surface area (Å²) in [6, 6.07) is 0. The third kappa shape index (κ3) is 11.3. The molecule has 0 radical (unpaired) electrons. The van der Waals surface area contributed by atoms with Crippen molar-refractivity contribution in [3.63, 3.8) is 0 Å². The first-order chi connectivity index (χ1) is 10.0. The summed E-state index contributed by atoms with van der Waals surface area (Å²) in [5.74, 6) is 0.433. The molecule has 8 heteroatoms. The van der Waals surface area contributed by atoms with E-state index in [9.17, 15) is 13.2 Å². The summed E-state index contributed by atoms with van der Waals surface area (Å²) >= 11 is 0. The Morgan fingerprint density at radius 1 is 1.23 bits per heavy atom. The molecule has 2 N–H and O–H groups in total. The smallest absolute Gasteiger partial charge is 0.378 e. The van der Waals surface area contributed by atoms with Gasteiger partial charge in [0, 0.05) is 26.2 Å². The van der Waals surface area contributed by atoms with Gasteiger partial charge in [0.25, 0.3) is 0 Å². The number of nitrogens with one attached hydrogen (secondary N) is 2. The average molecular weight is 437 g/mol. The largest absolute Gasteiger partial charge is 0.390 e.